The van der Waals surface area contributed by atoms with Gasteiger partial charge in [0, 0.05) is 26.1 Å². The molecule has 0 radical (unpaired) electrons. The van der Waals surface area contributed by atoms with Crippen LogP contribution in [0.1, 0.15) is 11.1 Å². The molecule has 0 unspecified atom stereocenters. The molecule has 0 N–H and O–H groups in total. The maximum atomic E-state index is 14.1. The Hall–Kier alpha value is -0.0900. The Labute approximate surface area is 150 Å². The first kappa shape index (κ1) is 17.3. The van der Waals surface area contributed by atoms with Crippen molar-refractivity contribution in [2.24, 2.45) is 0 Å². The van der Waals surface area contributed by atoms with Crippen molar-refractivity contribution in [3.05, 3.63) is 68.4 Å². The lowest BCUT2D eigenvalue weighted by Crippen LogP contribution is -2.34. The second-order valence-corrected chi connectivity index (χ2v) is 7.24. The van der Waals surface area contributed by atoms with Crippen LogP contribution in [-0.2, 0) is 11.8 Å². The van der Waals surface area contributed by atoms with Crippen molar-refractivity contribution in [1.29, 1.82) is 0 Å². The van der Waals surface area contributed by atoms with Crippen LogP contribution in [0.15, 0.2) is 51.4 Å². The highest BCUT2D eigenvalue weighted by atomic mass is 79.9. The summed E-state index contributed by atoms with van der Waals surface area (Å²) in [5.74, 6) is 0.375. The van der Waals surface area contributed by atoms with Gasteiger partial charge in [-0.2, -0.15) is 0 Å². The minimum absolute atomic E-state index is 0.254. The van der Waals surface area contributed by atoms with Crippen LogP contribution in [-0.4, -0.2) is 11.8 Å². The molecule has 0 aliphatic heterocycles. The van der Waals surface area contributed by atoms with Gasteiger partial charge < -0.3 is 0 Å². The number of alkyl halides is 2. The normalized spacial score (nSPS) is 11.7. The summed E-state index contributed by atoms with van der Waals surface area (Å²) in [6, 6.07) is 12.8. The highest BCUT2D eigenvalue weighted by molar-refractivity contribution is 9.10. The minimum Gasteiger partial charge on any atom is -0.207 e. The molecule has 0 saturated carbocycles. The first-order chi connectivity index (χ1) is 10.0. The van der Waals surface area contributed by atoms with Crippen molar-refractivity contribution in [3.8, 4) is 0 Å². The highest BCUT2D eigenvalue weighted by Gasteiger charge is 2.33. The predicted molar refractivity (Wildman–Crippen MR) is 95.1 cm³/mol. The van der Waals surface area contributed by atoms with Crippen LogP contribution in [0.3, 0.4) is 0 Å². The molecule has 2 rings (SSSR count). The van der Waals surface area contributed by atoms with E-state index in [4.69, 9.17) is 23.2 Å². The summed E-state index contributed by atoms with van der Waals surface area (Å²) >= 11 is 19.3. The average molecular weight is 455 g/mol. The zero-order valence-electron chi connectivity index (χ0n) is 11.1. The lowest BCUT2D eigenvalue weighted by atomic mass is 9.78. The SMILES string of the molecule is Fc1cc(Br)ccc1CC(CCl)(CCl)c1ccccc1Br. The van der Waals surface area contributed by atoms with Crippen LogP contribution in [0.4, 0.5) is 4.39 Å². The number of hydrogen-bond donors (Lipinski definition) is 0. The Balaban J connectivity index is 2.46. The monoisotopic (exact) mass is 452 g/mol. The summed E-state index contributed by atoms with van der Waals surface area (Å²) in [5.41, 5.74) is 1.09. The molecule has 0 spiro atoms. The molecule has 0 bridgehead atoms. The van der Waals surface area contributed by atoms with E-state index in [2.05, 4.69) is 31.9 Å². The van der Waals surface area contributed by atoms with Gasteiger partial charge in [-0.3, -0.25) is 0 Å². The molecule has 0 aliphatic carbocycles. The Kier molecular flexibility index (Phi) is 6.13. The van der Waals surface area contributed by atoms with Crippen LogP contribution >= 0.6 is 55.1 Å². The Morgan fingerprint density at radius 2 is 1.67 bits per heavy atom. The van der Waals surface area contributed by atoms with Gasteiger partial charge in [0.15, 0.2) is 0 Å². The van der Waals surface area contributed by atoms with Gasteiger partial charge in [0.25, 0.3) is 0 Å². The topological polar surface area (TPSA) is 0 Å². The van der Waals surface area contributed by atoms with Crippen LogP contribution < -0.4 is 0 Å². The molecular formula is C16H13Br2Cl2F. The quantitative estimate of drug-likeness (QED) is 0.464. The zero-order valence-corrected chi connectivity index (χ0v) is 15.7. The van der Waals surface area contributed by atoms with Gasteiger partial charge in [-0.05, 0) is 35.7 Å². The molecule has 0 aliphatic rings. The summed E-state index contributed by atoms with van der Waals surface area (Å²) in [5, 5.41) is 0. The number of rotatable bonds is 5. The molecule has 0 amide bonds. The third kappa shape index (κ3) is 3.82. The standard InChI is InChI=1S/C16H13Br2Cl2F/c17-12-6-5-11(15(21)7-12)8-16(9-19,10-20)13-3-1-2-4-14(13)18/h1-7H,8-10H2. The largest absolute Gasteiger partial charge is 0.207 e. The minimum atomic E-state index is -0.516. The molecule has 21 heavy (non-hydrogen) atoms. The molecule has 0 heterocycles. The summed E-state index contributed by atoms with van der Waals surface area (Å²) < 4.78 is 15.8. The molecule has 112 valence electrons. The molecular weight excluding hydrogens is 442 g/mol. The lowest BCUT2D eigenvalue weighted by molar-refractivity contribution is 0.510. The van der Waals surface area contributed by atoms with Crippen LogP contribution in [0.5, 0.6) is 0 Å². The second-order valence-electron chi connectivity index (χ2n) is 4.94. The molecule has 0 saturated heterocycles. The molecule has 0 fully saturated rings. The van der Waals surface area contributed by atoms with Crippen molar-refractivity contribution in [2.75, 3.05) is 11.8 Å². The van der Waals surface area contributed by atoms with Crippen molar-refractivity contribution in [1.82, 2.24) is 0 Å². The van der Waals surface area contributed by atoms with Crippen LogP contribution in [0, 0.1) is 5.82 Å². The maximum absolute atomic E-state index is 14.1. The Bertz CT molecular complexity index is 627. The number of halogens is 5. The van der Waals surface area contributed by atoms with Gasteiger partial charge in [0.05, 0.1) is 0 Å². The summed E-state index contributed by atoms with van der Waals surface area (Å²) in [7, 11) is 0. The molecule has 2 aromatic rings. The van der Waals surface area contributed by atoms with Gasteiger partial charge in [-0.15, -0.1) is 23.2 Å². The fourth-order valence-corrected chi connectivity index (χ4v) is 4.09. The maximum Gasteiger partial charge on any atom is 0.127 e. The molecule has 0 nitrogen and oxygen atoms in total. The Morgan fingerprint density at radius 3 is 2.24 bits per heavy atom. The highest BCUT2D eigenvalue weighted by Crippen LogP contribution is 2.36. The van der Waals surface area contributed by atoms with E-state index in [0.717, 1.165) is 10.0 Å². The molecule has 0 atom stereocenters. The first-order valence-corrected chi connectivity index (χ1v) is 8.99. The van der Waals surface area contributed by atoms with Gasteiger partial charge in [-0.25, -0.2) is 4.39 Å². The second kappa shape index (κ2) is 7.45. The first-order valence-electron chi connectivity index (χ1n) is 6.33. The van der Waals surface area contributed by atoms with E-state index in [1.165, 1.54) is 6.07 Å². The lowest BCUT2D eigenvalue weighted by Gasteiger charge is -2.31. The summed E-state index contributed by atoms with van der Waals surface area (Å²) in [4.78, 5) is 0. The third-order valence-corrected chi connectivity index (χ3v) is 5.71. The van der Waals surface area contributed by atoms with Gasteiger partial charge in [0.1, 0.15) is 5.82 Å². The van der Waals surface area contributed by atoms with Gasteiger partial charge in [0.2, 0.25) is 0 Å². The average Bonchev–Trinajstić information content (AvgIpc) is 2.48. The van der Waals surface area contributed by atoms with Gasteiger partial charge in [-0.1, -0.05) is 56.1 Å². The number of hydrogen-bond acceptors (Lipinski definition) is 0. The van der Waals surface area contributed by atoms with Crippen molar-refractivity contribution in [3.63, 3.8) is 0 Å². The van der Waals surface area contributed by atoms with Crippen LogP contribution in [0.25, 0.3) is 0 Å². The third-order valence-electron chi connectivity index (χ3n) is 3.50. The van der Waals surface area contributed by atoms with E-state index in [1.54, 1.807) is 6.07 Å². The fourth-order valence-electron chi connectivity index (χ4n) is 2.29. The van der Waals surface area contributed by atoms with E-state index in [9.17, 15) is 4.39 Å². The summed E-state index contributed by atoms with van der Waals surface area (Å²) in [6.07, 6.45) is 0.446. The molecule has 2 aromatic carbocycles. The van der Waals surface area contributed by atoms with Crippen molar-refractivity contribution in [2.45, 2.75) is 11.8 Å². The predicted octanol–water partition coefficient (Wildman–Crippen LogP) is 6.31. The van der Waals surface area contributed by atoms with E-state index < -0.39 is 5.41 Å². The van der Waals surface area contributed by atoms with Crippen molar-refractivity contribution >= 4 is 55.1 Å². The van der Waals surface area contributed by atoms with Crippen molar-refractivity contribution < 1.29 is 4.39 Å². The smallest absolute Gasteiger partial charge is 0.127 e. The zero-order chi connectivity index (χ0) is 15.5. The number of benzene rings is 2. The van der Waals surface area contributed by atoms with Crippen LogP contribution in [0.2, 0.25) is 0 Å². The fraction of sp³-hybridized carbons (Fsp3) is 0.250. The summed E-state index contributed by atoms with van der Waals surface area (Å²) in [6.45, 7) is 0. The van der Waals surface area contributed by atoms with E-state index in [-0.39, 0.29) is 5.82 Å². The van der Waals surface area contributed by atoms with E-state index >= 15 is 0 Å². The molecule has 0 aromatic heterocycles. The van der Waals surface area contributed by atoms with E-state index in [1.807, 2.05) is 30.3 Å². The molecule has 5 heteroatoms. The van der Waals surface area contributed by atoms with Gasteiger partial charge >= 0.3 is 0 Å². The van der Waals surface area contributed by atoms with E-state index in [0.29, 0.717) is 28.2 Å². The Morgan fingerprint density at radius 1 is 1.00 bits per heavy atom.